The molecule has 1 aliphatic rings. The molecule has 0 radical (unpaired) electrons. The highest BCUT2D eigenvalue weighted by Gasteiger charge is 2.34. The van der Waals surface area contributed by atoms with Crippen LogP contribution < -0.4 is 0 Å². The number of rotatable bonds is 5. The number of piperidine rings is 1. The van der Waals surface area contributed by atoms with E-state index >= 15 is 0 Å². The number of nitrogens with zero attached hydrogens (tertiary/aromatic N) is 1. The van der Waals surface area contributed by atoms with Crippen molar-refractivity contribution in [2.24, 2.45) is 5.92 Å². The SMILES string of the molecule is CCC(C)C(C(=O)N1CCCCC1CBr)c1ccccc1. The summed E-state index contributed by atoms with van der Waals surface area (Å²) in [5.74, 6) is 0.688. The second-order valence-corrected chi connectivity index (χ2v) is 6.76. The second kappa shape index (κ2) is 7.98. The number of carbonyl (C=O) groups excluding carboxylic acids is 1. The number of benzene rings is 1. The lowest BCUT2D eigenvalue weighted by molar-refractivity contribution is -0.137. The molecule has 1 aromatic carbocycles. The summed E-state index contributed by atoms with van der Waals surface area (Å²) in [5.41, 5.74) is 1.16. The normalized spacial score (nSPS) is 21.9. The maximum Gasteiger partial charge on any atom is 0.230 e. The lowest BCUT2D eigenvalue weighted by Gasteiger charge is -2.38. The zero-order valence-electron chi connectivity index (χ0n) is 13.1. The standard InChI is InChI=1S/C18H26BrNO/c1-3-14(2)17(15-9-5-4-6-10-15)18(21)20-12-8-7-11-16(20)13-19/h4-6,9-10,14,16-17H,3,7-8,11-13H2,1-2H3. The molecule has 0 saturated carbocycles. The molecule has 1 heterocycles. The number of amides is 1. The van der Waals surface area contributed by atoms with Gasteiger partial charge in [0.1, 0.15) is 0 Å². The Kier molecular flexibility index (Phi) is 6.28. The largest absolute Gasteiger partial charge is 0.338 e. The number of halogens is 1. The van der Waals surface area contributed by atoms with Gasteiger partial charge in [-0.25, -0.2) is 0 Å². The van der Waals surface area contributed by atoms with Gasteiger partial charge in [-0.1, -0.05) is 66.5 Å². The average molecular weight is 352 g/mol. The van der Waals surface area contributed by atoms with Gasteiger partial charge in [0, 0.05) is 17.9 Å². The molecule has 21 heavy (non-hydrogen) atoms. The fraction of sp³-hybridized carbons (Fsp3) is 0.611. The average Bonchev–Trinajstić information content (AvgIpc) is 2.55. The molecule has 1 aliphatic heterocycles. The van der Waals surface area contributed by atoms with Crippen LogP contribution in [0, 0.1) is 5.92 Å². The number of alkyl halides is 1. The monoisotopic (exact) mass is 351 g/mol. The van der Waals surface area contributed by atoms with Crippen molar-refractivity contribution in [2.75, 3.05) is 11.9 Å². The van der Waals surface area contributed by atoms with Crippen LogP contribution in [-0.2, 0) is 4.79 Å². The van der Waals surface area contributed by atoms with Gasteiger partial charge in [-0.3, -0.25) is 4.79 Å². The fourth-order valence-electron chi connectivity index (χ4n) is 3.24. The van der Waals surface area contributed by atoms with Crippen molar-refractivity contribution in [1.82, 2.24) is 4.90 Å². The summed E-state index contributed by atoms with van der Waals surface area (Å²) in [4.78, 5) is 15.3. The summed E-state index contributed by atoms with van der Waals surface area (Å²) < 4.78 is 0. The topological polar surface area (TPSA) is 20.3 Å². The van der Waals surface area contributed by atoms with Crippen molar-refractivity contribution in [3.05, 3.63) is 35.9 Å². The Balaban J connectivity index is 2.25. The van der Waals surface area contributed by atoms with Gasteiger partial charge in [0.15, 0.2) is 0 Å². The van der Waals surface area contributed by atoms with E-state index in [0.29, 0.717) is 17.9 Å². The summed E-state index contributed by atoms with van der Waals surface area (Å²) in [6, 6.07) is 10.7. The molecule has 1 saturated heterocycles. The molecule has 1 fully saturated rings. The predicted octanol–water partition coefficient (Wildman–Crippen LogP) is 4.59. The van der Waals surface area contributed by atoms with Crippen LogP contribution in [0.25, 0.3) is 0 Å². The molecular formula is C18H26BrNO. The molecule has 0 aromatic heterocycles. The van der Waals surface area contributed by atoms with Gasteiger partial charge in [0.05, 0.1) is 5.92 Å². The van der Waals surface area contributed by atoms with E-state index in [1.807, 2.05) is 18.2 Å². The Hall–Kier alpha value is -0.830. The van der Waals surface area contributed by atoms with Crippen LogP contribution in [0.4, 0.5) is 0 Å². The summed E-state index contributed by atoms with van der Waals surface area (Å²) >= 11 is 3.59. The molecule has 116 valence electrons. The molecule has 1 aromatic rings. The number of likely N-dealkylation sites (tertiary alicyclic amines) is 1. The Labute approximate surface area is 137 Å². The quantitative estimate of drug-likeness (QED) is 0.710. The third kappa shape index (κ3) is 3.88. The third-order valence-electron chi connectivity index (χ3n) is 4.73. The zero-order valence-corrected chi connectivity index (χ0v) is 14.7. The molecule has 0 spiro atoms. The van der Waals surface area contributed by atoms with Crippen LogP contribution in [-0.4, -0.2) is 28.7 Å². The van der Waals surface area contributed by atoms with Crippen LogP contribution >= 0.6 is 15.9 Å². The van der Waals surface area contributed by atoms with Crippen LogP contribution in [0.1, 0.15) is 51.0 Å². The molecule has 0 bridgehead atoms. The fourth-order valence-corrected chi connectivity index (χ4v) is 3.91. The van der Waals surface area contributed by atoms with Crippen LogP contribution in [0.15, 0.2) is 30.3 Å². The third-order valence-corrected chi connectivity index (χ3v) is 5.47. The van der Waals surface area contributed by atoms with Crippen LogP contribution in [0.5, 0.6) is 0 Å². The molecule has 1 amide bonds. The molecule has 3 unspecified atom stereocenters. The van der Waals surface area contributed by atoms with E-state index in [2.05, 4.69) is 46.8 Å². The summed E-state index contributed by atoms with van der Waals surface area (Å²) in [6.45, 7) is 5.28. The molecule has 0 N–H and O–H groups in total. The molecular weight excluding hydrogens is 326 g/mol. The molecule has 3 atom stereocenters. The first kappa shape index (κ1) is 16.5. The van der Waals surface area contributed by atoms with E-state index < -0.39 is 0 Å². The van der Waals surface area contributed by atoms with Gasteiger partial charge in [-0.2, -0.15) is 0 Å². The van der Waals surface area contributed by atoms with Gasteiger partial charge in [-0.15, -0.1) is 0 Å². The van der Waals surface area contributed by atoms with Gasteiger partial charge < -0.3 is 4.90 Å². The first-order valence-corrected chi connectivity index (χ1v) is 9.22. The molecule has 2 rings (SSSR count). The number of hydrogen-bond donors (Lipinski definition) is 0. The number of carbonyl (C=O) groups is 1. The second-order valence-electron chi connectivity index (χ2n) is 6.11. The maximum atomic E-state index is 13.2. The van der Waals surface area contributed by atoms with Gasteiger partial charge in [-0.05, 0) is 30.7 Å². The Morgan fingerprint density at radius 1 is 1.33 bits per heavy atom. The van der Waals surface area contributed by atoms with Gasteiger partial charge in [0.25, 0.3) is 0 Å². The Morgan fingerprint density at radius 3 is 2.67 bits per heavy atom. The minimum Gasteiger partial charge on any atom is -0.338 e. The van der Waals surface area contributed by atoms with Crippen molar-refractivity contribution in [2.45, 2.75) is 51.5 Å². The Bertz CT molecular complexity index is 448. The highest BCUT2D eigenvalue weighted by molar-refractivity contribution is 9.09. The van der Waals surface area contributed by atoms with Gasteiger partial charge >= 0.3 is 0 Å². The highest BCUT2D eigenvalue weighted by Crippen LogP contribution is 2.31. The van der Waals surface area contributed by atoms with Crippen LogP contribution in [0.2, 0.25) is 0 Å². The zero-order chi connectivity index (χ0) is 15.2. The van der Waals surface area contributed by atoms with Gasteiger partial charge in [0.2, 0.25) is 5.91 Å². The smallest absolute Gasteiger partial charge is 0.230 e. The van der Waals surface area contributed by atoms with E-state index in [1.165, 1.54) is 6.42 Å². The van der Waals surface area contributed by atoms with Crippen molar-refractivity contribution in [3.63, 3.8) is 0 Å². The van der Waals surface area contributed by atoms with E-state index in [-0.39, 0.29) is 5.92 Å². The summed E-state index contributed by atoms with van der Waals surface area (Å²) in [5, 5.41) is 0.890. The minimum atomic E-state index is -0.00384. The first-order valence-electron chi connectivity index (χ1n) is 8.10. The van der Waals surface area contributed by atoms with Crippen molar-refractivity contribution in [3.8, 4) is 0 Å². The van der Waals surface area contributed by atoms with E-state index in [1.54, 1.807) is 0 Å². The maximum absolute atomic E-state index is 13.2. The molecule has 0 aliphatic carbocycles. The van der Waals surface area contributed by atoms with E-state index in [0.717, 1.165) is 36.7 Å². The number of hydrogen-bond acceptors (Lipinski definition) is 1. The summed E-state index contributed by atoms with van der Waals surface area (Å²) in [6.07, 6.45) is 4.52. The molecule has 2 nitrogen and oxygen atoms in total. The lowest BCUT2D eigenvalue weighted by atomic mass is 9.83. The Morgan fingerprint density at radius 2 is 2.05 bits per heavy atom. The highest BCUT2D eigenvalue weighted by atomic mass is 79.9. The van der Waals surface area contributed by atoms with Crippen molar-refractivity contribution >= 4 is 21.8 Å². The lowest BCUT2D eigenvalue weighted by Crippen LogP contribution is -2.47. The van der Waals surface area contributed by atoms with Crippen molar-refractivity contribution < 1.29 is 4.79 Å². The van der Waals surface area contributed by atoms with E-state index in [9.17, 15) is 4.79 Å². The van der Waals surface area contributed by atoms with E-state index in [4.69, 9.17) is 0 Å². The van der Waals surface area contributed by atoms with Crippen LogP contribution in [0.3, 0.4) is 0 Å². The first-order chi connectivity index (χ1) is 10.2. The minimum absolute atomic E-state index is 0.00384. The predicted molar refractivity (Wildman–Crippen MR) is 91.8 cm³/mol. The van der Waals surface area contributed by atoms with Crippen molar-refractivity contribution in [1.29, 1.82) is 0 Å². The molecule has 3 heteroatoms. The summed E-state index contributed by atoms with van der Waals surface area (Å²) in [7, 11) is 0.